The van der Waals surface area contributed by atoms with Crippen LogP contribution in [-0.4, -0.2) is 105 Å². The molecule has 13 nitrogen and oxygen atoms in total. The summed E-state index contributed by atoms with van der Waals surface area (Å²) in [5.41, 5.74) is 0.486. The Labute approximate surface area is 283 Å². The number of rotatable bonds is 4. The number of hydrogen-bond acceptors (Lipinski definition) is 9. The summed E-state index contributed by atoms with van der Waals surface area (Å²) in [6, 6.07) is 10.5. The standard InChI is InChI=1S/C34H38FN5O8S/c1-47-29-10-9-22-17-30(29)48-26-18-28(40(21-26)34(44)23-7-5-8-27(16-23)49(2,45)46)32(42)38-11-3-4-13-39(14-6-12-37-31(22)41)33(43)24-15-25(35)20-36-19-24/h5,7-10,15-17,19-20,26,28H,3-4,6,11-14,18,21H2,1-2H3,(H,37,41)(H,38,42)/t26-,28-/m0/s1. The van der Waals surface area contributed by atoms with E-state index in [1.165, 1.54) is 48.5 Å². The number of ether oxygens (including phenoxy) is 2. The number of carbonyl (C=O) groups excluding carboxylic acids is 4. The molecular formula is C34H38FN5O8S. The molecule has 4 amide bonds. The molecule has 5 rings (SSSR count). The highest BCUT2D eigenvalue weighted by Crippen LogP contribution is 2.32. The molecule has 4 bridgehead atoms. The maximum atomic E-state index is 13.8. The fraction of sp³-hybridized carbons (Fsp3) is 0.382. The molecule has 15 heteroatoms. The van der Waals surface area contributed by atoms with Gasteiger partial charge in [-0.05, 0) is 61.7 Å². The lowest BCUT2D eigenvalue weighted by Crippen LogP contribution is -2.46. The van der Waals surface area contributed by atoms with Crippen molar-refractivity contribution in [1.29, 1.82) is 0 Å². The van der Waals surface area contributed by atoms with Gasteiger partial charge in [-0.15, -0.1) is 0 Å². The van der Waals surface area contributed by atoms with Crippen LogP contribution in [0.3, 0.4) is 0 Å². The highest BCUT2D eigenvalue weighted by Gasteiger charge is 2.41. The van der Waals surface area contributed by atoms with Gasteiger partial charge in [-0.2, -0.15) is 0 Å². The van der Waals surface area contributed by atoms with Crippen molar-refractivity contribution in [1.82, 2.24) is 25.4 Å². The van der Waals surface area contributed by atoms with E-state index in [4.69, 9.17) is 9.47 Å². The number of halogens is 1. The number of methoxy groups -OCH3 is 1. The van der Waals surface area contributed by atoms with Crippen LogP contribution in [0.1, 0.15) is 56.8 Å². The monoisotopic (exact) mass is 695 g/mol. The van der Waals surface area contributed by atoms with Gasteiger partial charge in [0.05, 0.1) is 30.3 Å². The molecule has 49 heavy (non-hydrogen) atoms. The molecule has 2 N–H and O–H groups in total. The fourth-order valence-electron chi connectivity index (χ4n) is 5.83. The Balaban J connectivity index is 1.41. The quantitative estimate of drug-likeness (QED) is 0.417. The van der Waals surface area contributed by atoms with Crippen molar-refractivity contribution in [2.24, 2.45) is 0 Å². The van der Waals surface area contributed by atoms with Gasteiger partial charge >= 0.3 is 0 Å². The van der Waals surface area contributed by atoms with Crippen LogP contribution in [0.5, 0.6) is 11.5 Å². The SMILES string of the molecule is COc1ccc2cc1O[C@H]1C[C@@H](C(=O)NCCCCN(C(=O)c3cncc(F)c3)CCCNC2=O)N(C(=O)c2cccc(S(C)(=O)=O)c2)C1. The van der Waals surface area contributed by atoms with Crippen LogP contribution in [0.2, 0.25) is 0 Å². The summed E-state index contributed by atoms with van der Waals surface area (Å²) in [6.07, 6.45) is 4.24. The van der Waals surface area contributed by atoms with Crippen LogP contribution in [0.4, 0.5) is 4.39 Å². The predicted octanol–water partition coefficient (Wildman–Crippen LogP) is 2.47. The molecule has 0 saturated carbocycles. The van der Waals surface area contributed by atoms with Crippen LogP contribution in [0, 0.1) is 5.82 Å². The average molecular weight is 696 g/mol. The minimum atomic E-state index is -3.60. The van der Waals surface area contributed by atoms with Crippen molar-refractivity contribution in [3.63, 3.8) is 0 Å². The molecule has 2 aliphatic rings. The summed E-state index contributed by atoms with van der Waals surface area (Å²) in [5.74, 6) is -1.80. The zero-order valence-electron chi connectivity index (χ0n) is 27.2. The van der Waals surface area contributed by atoms with E-state index in [1.54, 1.807) is 17.0 Å². The second-order valence-corrected chi connectivity index (χ2v) is 13.9. The number of benzene rings is 2. The van der Waals surface area contributed by atoms with Gasteiger partial charge in [0.25, 0.3) is 17.7 Å². The highest BCUT2D eigenvalue weighted by atomic mass is 32.2. The Kier molecular flexibility index (Phi) is 11.1. The maximum absolute atomic E-state index is 13.8. The van der Waals surface area contributed by atoms with Gasteiger partial charge in [-0.1, -0.05) is 6.07 Å². The maximum Gasteiger partial charge on any atom is 0.255 e. The molecule has 0 radical (unpaired) electrons. The van der Waals surface area contributed by atoms with Gasteiger partial charge in [-0.25, -0.2) is 12.8 Å². The summed E-state index contributed by atoms with van der Waals surface area (Å²) in [4.78, 5) is 60.4. The van der Waals surface area contributed by atoms with Crippen LogP contribution >= 0.6 is 0 Å². The van der Waals surface area contributed by atoms with Crippen molar-refractivity contribution in [3.8, 4) is 11.5 Å². The number of sulfone groups is 1. The first kappa shape index (κ1) is 35.3. The summed E-state index contributed by atoms with van der Waals surface area (Å²) in [7, 11) is -2.14. The Morgan fingerprint density at radius 2 is 1.73 bits per heavy atom. The molecule has 260 valence electrons. The molecule has 3 aromatic rings. The van der Waals surface area contributed by atoms with E-state index in [-0.39, 0.29) is 65.8 Å². The summed E-state index contributed by atoms with van der Waals surface area (Å²) >= 11 is 0. The smallest absolute Gasteiger partial charge is 0.255 e. The molecule has 0 unspecified atom stereocenters. The van der Waals surface area contributed by atoms with Gasteiger partial charge in [0, 0.05) is 56.2 Å². The molecule has 0 spiro atoms. The van der Waals surface area contributed by atoms with E-state index in [9.17, 15) is 32.0 Å². The molecule has 1 fully saturated rings. The predicted molar refractivity (Wildman–Crippen MR) is 176 cm³/mol. The van der Waals surface area contributed by atoms with Crippen molar-refractivity contribution >= 4 is 33.5 Å². The molecular weight excluding hydrogens is 657 g/mol. The van der Waals surface area contributed by atoms with Crippen LogP contribution in [0.15, 0.2) is 65.8 Å². The lowest BCUT2D eigenvalue weighted by Gasteiger charge is -2.24. The molecule has 2 aliphatic heterocycles. The highest BCUT2D eigenvalue weighted by molar-refractivity contribution is 7.90. The average Bonchev–Trinajstić information content (AvgIpc) is 3.51. The van der Waals surface area contributed by atoms with Crippen molar-refractivity contribution in [2.45, 2.75) is 42.7 Å². The number of nitrogens with one attached hydrogen (secondary N) is 2. The van der Waals surface area contributed by atoms with Crippen LogP contribution in [-0.2, 0) is 14.6 Å². The van der Waals surface area contributed by atoms with Gasteiger partial charge in [-0.3, -0.25) is 24.2 Å². The number of fused-ring (bicyclic) bond motifs is 4. The molecule has 3 heterocycles. The van der Waals surface area contributed by atoms with Crippen molar-refractivity contribution in [2.75, 3.05) is 46.1 Å². The lowest BCUT2D eigenvalue weighted by atomic mass is 10.1. The summed E-state index contributed by atoms with van der Waals surface area (Å²) in [5, 5.41) is 5.74. The normalized spacial score (nSPS) is 19.4. The Morgan fingerprint density at radius 1 is 0.959 bits per heavy atom. The van der Waals surface area contributed by atoms with E-state index in [0.717, 1.165) is 18.5 Å². The van der Waals surface area contributed by atoms with E-state index in [1.807, 2.05) is 0 Å². The van der Waals surface area contributed by atoms with Gasteiger partial charge in [0.2, 0.25) is 5.91 Å². The largest absolute Gasteiger partial charge is 0.493 e. The van der Waals surface area contributed by atoms with Gasteiger partial charge < -0.3 is 29.9 Å². The van der Waals surface area contributed by atoms with E-state index < -0.39 is 45.5 Å². The van der Waals surface area contributed by atoms with Gasteiger partial charge in [0.15, 0.2) is 21.3 Å². The third-order valence-corrected chi connectivity index (χ3v) is 9.45. The number of likely N-dealkylation sites (tertiary alicyclic amines) is 1. The number of carbonyl (C=O) groups is 4. The number of pyridine rings is 1. The topological polar surface area (TPSA) is 164 Å². The minimum absolute atomic E-state index is 0.00557. The first-order valence-corrected chi connectivity index (χ1v) is 17.7. The van der Waals surface area contributed by atoms with Gasteiger partial charge in [0.1, 0.15) is 18.0 Å². The third-order valence-electron chi connectivity index (χ3n) is 8.34. The molecule has 0 aliphatic carbocycles. The lowest BCUT2D eigenvalue weighted by molar-refractivity contribution is -0.124. The van der Waals surface area contributed by atoms with E-state index in [0.29, 0.717) is 31.6 Å². The fourth-order valence-corrected chi connectivity index (χ4v) is 6.50. The molecule has 2 aromatic carbocycles. The van der Waals surface area contributed by atoms with Crippen molar-refractivity contribution < 1.29 is 41.5 Å². The molecule has 1 saturated heterocycles. The summed E-state index contributed by atoms with van der Waals surface area (Å²) in [6.45, 7) is 1.10. The number of aromatic nitrogens is 1. The molecule has 2 atom stereocenters. The zero-order valence-corrected chi connectivity index (χ0v) is 28.0. The number of nitrogens with zero attached hydrogens (tertiary/aromatic N) is 3. The first-order valence-electron chi connectivity index (χ1n) is 15.9. The van der Waals surface area contributed by atoms with E-state index >= 15 is 0 Å². The Hall–Kier alpha value is -5.05. The summed E-state index contributed by atoms with van der Waals surface area (Å²) < 4.78 is 49.9. The minimum Gasteiger partial charge on any atom is -0.493 e. The zero-order chi connectivity index (χ0) is 35.1. The second kappa shape index (κ2) is 15.4. The second-order valence-electron chi connectivity index (χ2n) is 11.9. The number of hydrogen-bond donors (Lipinski definition) is 2. The van der Waals surface area contributed by atoms with Crippen LogP contribution < -0.4 is 20.1 Å². The third kappa shape index (κ3) is 8.71. The number of amides is 4. The van der Waals surface area contributed by atoms with E-state index in [2.05, 4.69) is 15.6 Å². The Morgan fingerprint density at radius 3 is 2.49 bits per heavy atom. The Bertz CT molecular complexity index is 1840. The van der Waals surface area contributed by atoms with Crippen molar-refractivity contribution in [3.05, 3.63) is 83.4 Å². The van der Waals surface area contributed by atoms with Crippen LogP contribution in [0.25, 0.3) is 0 Å². The molecule has 1 aromatic heterocycles. The first-order chi connectivity index (χ1) is 23.4.